The Morgan fingerprint density at radius 1 is 1.35 bits per heavy atom. The molecule has 122 valence electrons. The number of carbonyl (C=O) groups is 1. The summed E-state index contributed by atoms with van der Waals surface area (Å²) < 4.78 is 1.99. The summed E-state index contributed by atoms with van der Waals surface area (Å²) in [6.45, 7) is 4.93. The van der Waals surface area contributed by atoms with E-state index in [9.17, 15) is 9.90 Å². The highest BCUT2D eigenvalue weighted by atomic mass is 16.3. The van der Waals surface area contributed by atoms with E-state index < -0.39 is 0 Å². The van der Waals surface area contributed by atoms with Gasteiger partial charge < -0.3 is 14.6 Å². The lowest BCUT2D eigenvalue weighted by atomic mass is 10.1. The molecule has 2 aromatic heterocycles. The summed E-state index contributed by atoms with van der Waals surface area (Å²) in [6.07, 6.45) is 5.20. The predicted octanol–water partition coefficient (Wildman–Crippen LogP) is 1.04. The third-order valence-corrected chi connectivity index (χ3v) is 4.33. The smallest absolute Gasteiger partial charge is 0.276 e. The number of aromatic nitrogens is 3. The van der Waals surface area contributed by atoms with Crippen molar-refractivity contribution in [3.8, 4) is 5.75 Å². The van der Waals surface area contributed by atoms with Gasteiger partial charge in [-0.15, -0.1) is 0 Å². The number of likely N-dealkylation sites (N-methyl/N-ethyl adjacent to an activating group) is 1. The lowest BCUT2D eigenvalue weighted by Gasteiger charge is -2.40. The molecule has 1 aliphatic heterocycles. The summed E-state index contributed by atoms with van der Waals surface area (Å²) in [5.74, 6) is 0.622. The van der Waals surface area contributed by atoms with E-state index >= 15 is 0 Å². The van der Waals surface area contributed by atoms with Gasteiger partial charge in [-0.25, -0.2) is 9.97 Å². The van der Waals surface area contributed by atoms with Gasteiger partial charge in [0.2, 0.25) is 0 Å². The van der Waals surface area contributed by atoms with Crippen LogP contribution in [-0.2, 0) is 7.05 Å². The average Bonchev–Trinajstić information content (AvgIpc) is 3.00. The minimum Gasteiger partial charge on any atom is -0.505 e. The molecular weight excluding hydrogens is 294 g/mol. The molecule has 0 radical (unpaired) electrons. The van der Waals surface area contributed by atoms with Gasteiger partial charge in [-0.3, -0.25) is 9.69 Å². The maximum absolute atomic E-state index is 12.7. The Bertz CT molecular complexity index is 699. The maximum Gasteiger partial charge on any atom is 0.276 e. The highest BCUT2D eigenvalue weighted by Gasteiger charge is 2.33. The summed E-state index contributed by atoms with van der Waals surface area (Å²) >= 11 is 0. The first-order valence-corrected chi connectivity index (χ1v) is 7.76. The third-order valence-electron chi connectivity index (χ3n) is 4.33. The summed E-state index contributed by atoms with van der Waals surface area (Å²) in [7, 11) is 1.96. The van der Waals surface area contributed by atoms with Crippen molar-refractivity contribution in [2.75, 3.05) is 26.2 Å². The van der Waals surface area contributed by atoms with Crippen LogP contribution in [0.2, 0.25) is 0 Å². The highest BCUT2D eigenvalue weighted by molar-refractivity contribution is 5.94. The molecule has 7 nitrogen and oxygen atoms in total. The Morgan fingerprint density at radius 2 is 2.17 bits per heavy atom. The third kappa shape index (κ3) is 2.92. The number of imidazole rings is 1. The van der Waals surface area contributed by atoms with Crippen LogP contribution in [0.1, 0.15) is 29.3 Å². The van der Waals surface area contributed by atoms with E-state index in [-0.39, 0.29) is 23.4 Å². The Hall–Kier alpha value is -2.41. The van der Waals surface area contributed by atoms with Crippen LogP contribution >= 0.6 is 0 Å². The molecule has 1 amide bonds. The van der Waals surface area contributed by atoms with E-state index in [0.29, 0.717) is 13.1 Å². The molecule has 1 aliphatic rings. The molecule has 23 heavy (non-hydrogen) atoms. The van der Waals surface area contributed by atoms with Crippen LogP contribution in [0.3, 0.4) is 0 Å². The first-order valence-electron chi connectivity index (χ1n) is 7.76. The minimum absolute atomic E-state index is 0.0450. The molecular formula is C16H21N5O2. The molecule has 7 heteroatoms. The molecule has 1 fully saturated rings. The van der Waals surface area contributed by atoms with Crippen molar-refractivity contribution in [1.29, 1.82) is 0 Å². The van der Waals surface area contributed by atoms with Gasteiger partial charge in [0.25, 0.3) is 5.91 Å². The van der Waals surface area contributed by atoms with Crippen LogP contribution in [0.5, 0.6) is 5.75 Å². The van der Waals surface area contributed by atoms with Gasteiger partial charge in [0.15, 0.2) is 5.69 Å². The van der Waals surface area contributed by atoms with Crippen LogP contribution in [0.15, 0.2) is 30.7 Å². The number of hydrogen-bond donors (Lipinski definition) is 1. The molecule has 1 N–H and O–H groups in total. The van der Waals surface area contributed by atoms with E-state index in [2.05, 4.69) is 21.8 Å². The Labute approximate surface area is 135 Å². The highest BCUT2D eigenvalue weighted by Crippen LogP contribution is 2.25. The van der Waals surface area contributed by atoms with Crippen LogP contribution < -0.4 is 0 Å². The number of rotatable bonds is 3. The monoisotopic (exact) mass is 315 g/mol. The van der Waals surface area contributed by atoms with Gasteiger partial charge in [0.05, 0.1) is 6.04 Å². The van der Waals surface area contributed by atoms with Gasteiger partial charge in [-0.2, -0.15) is 0 Å². The largest absolute Gasteiger partial charge is 0.505 e. The summed E-state index contributed by atoms with van der Waals surface area (Å²) in [5, 5.41) is 9.87. The van der Waals surface area contributed by atoms with Crippen LogP contribution in [-0.4, -0.2) is 61.5 Å². The number of amides is 1. The second-order valence-electron chi connectivity index (χ2n) is 5.66. The standard InChI is InChI=1S/C16H21N5O2/c1-3-20-9-10-21(11-12(20)15-18-7-8-19(15)2)16(23)14-13(22)5-4-6-17-14/h4-8,12,22H,3,9-11H2,1-2H3/t12-/m1/s1. The summed E-state index contributed by atoms with van der Waals surface area (Å²) in [5.41, 5.74) is 0.107. The number of piperazine rings is 1. The summed E-state index contributed by atoms with van der Waals surface area (Å²) in [4.78, 5) is 25.2. The number of nitrogens with zero attached hydrogens (tertiary/aromatic N) is 5. The van der Waals surface area contributed by atoms with Crippen molar-refractivity contribution in [3.63, 3.8) is 0 Å². The van der Waals surface area contributed by atoms with Gasteiger partial charge in [-0.05, 0) is 18.7 Å². The number of aryl methyl sites for hydroxylation is 1. The Kier molecular flexibility index (Phi) is 4.29. The Morgan fingerprint density at radius 3 is 2.83 bits per heavy atom. The molecule has 0 saturated carbocycles. The molecule has 0 spiro atoms. The van der Waals surface area contributed by atoms with E-state index in [1.807, 2.05) is 17.8 Å². The molecule has 1 saturated heterocycles. The lowest BCUT2D eigenvalue weighted by Crippen LogP contribution is -2.51. The van der Waals surface area contributed by atoms with Crippen molar-refractivity contribution in [2.45, 2.75) is 13.0 Å². The van der Waals surface area contributed by atoms with Gasteiger partial charge in [0.1, 0.15) is 11.6 Å². The quantitative estimate of drug-likeness (QED) is 0.916. The Balaban J connectivity index is 1.84. The normalized spacial score (nSPS) is 19.0. The van der Waals surface area contributed by atoms with Crippen molar-refractivity contribution < 1.29 is 9.90 Å². The number of hydrogen-bond acceptors (Lipinski definition) is 5. The average molecular weight is 315 g/mol. The van der Waals surface area contributed by atoms with Crippen molar-refractivity contribution in [1.82, 2.24) is 24.3 Å². The molecule has 1 atom stereocenters. The van der Waals surface area contributed by atoms with Gasteiger partial charge in [-0.1, -0.05) is 6.92 Å². The first kappa shape index (κ1) is 15.5. The van der Waals surface area contributed by atoms with Crippen LogP contribution in [0.25, 0.3) is 0 Å². The van der Waals surface area contributed by atoms with Crippen LogP contribution in [0, 0.1) is 0 Å². The zero-order valence-electron chi connectivity index (χ0n) is 13.4. The molecule has 3 heterocycles. The van der Waals surface area contributed by atoms with E-state index in [4.69, 9.17) is 0 Å². The molecule has 0 bridgehead atoms. The van der Waals surface area contributed by atoms with E-state index in [0.717, 1.165) is 18.9 Å². The molecule has 0 unspecified atom stereocenters. The molecule has 3 rings (SSSR count). The first-order chi connectivity index (χ1) is 11.1. The number of aromatic hydroxyl groups is 1. The lowest BCUT2D eigenvalue weighted by molar-refractivity contribution is 0.0465. The number of pyridine rings is 1. The summed E-state index contributed by atoms with van der Waals surface area (Å²) in [6, 6.07) is 3.14. The molecule has 2 aromatic rings. The fourth-order valence-corrected chi connectivity index (χ4v) is 3.04. The fraction of sp³-hybridized carbons (Fsp3) is 0.438. The van der Waals surface area contributed by atoms with Gasteiger partial charge in [0, 0.05) is 45.3 Å². The predicted molar refractivity (Wildman–Crippen MR) is 85.0 cm³/mol. The second-order valence-corrected chi connectivity index (χ2v) is 5.66. The second kappa shape index (κ2) is 6.37. The van der Waals surface area contributed by atoms with E-state index in [1.165, 1.54) is 12.3 Å². The molecule has 0 aromatic carbocycles. The maximum atomic E-state index is 12.7. The number of carbonyl (C=O) groups excluding carboxylic acids is 1. The van der Waals surface area contributed by atoms with Crippen LogP contribution in [0.4, 0.5) is 0 Å². The topological polar surface area (TPSA) is 74.5 Å². The minimum atomic E-state index is -0.238. The molecule has 0 aliphatic carbocycles. The zero-order valence-corrected chi connectivity index (χ0v) is 13.4. The van der Waals surface area contributed by atoms with E-state index in [1.54, 1.807) is 17.2 Å². The van der Waals surface area contributed by atoms with Gasteiger partial charge >= 0.3 is 0 Å². The zero-order chi connectivity index (χ0) is 16.4. The SMILES string of the molecule is CCN1CCN(C(=O)c2ncccc2O)C[C@@H]1c1nccn1C. The van der Waals surface area contributed by atoms with Crippen molar-refractivity contribution in [2.24, 2.45) is 7.05 Å². The van der Waals surface area contributed by atoms with Crippen molar-refractivity contribution >= 4 is 5.91 Å². The van der Waals surface area contributed by atoms with Crippen molar-refractivity contribution in [3.05, 3.63) is 42.2 Å². The fourth-order valence-electron chi connectivity index (χ4n) is 3.04.